The first-order valence-electron chi connectivity index (χ1n) is 8.60. The summed E-state index contributed by atoms with van der Waals surface area (Å²) in [4.78, 5) is 14.5. The maximum atomic E-state index is 12.3. The number of piperidine rings is 1. The number of nitrogens with one attached hydrogen (secondary N) is 1. The molecule has 4 heteroatoms. The molecule has 2 fully saturated rings. The van der Waals surface area contributed by atoms with E-state index in [4.69, 9.17) is 0 Å². The van der Waals surface area contributed by atoms with Gasteiger partial charge in [-0.3, -0.25) is 9.69 Å². The lowest BCUT2D eigenvalue weighted by Gasteiger charge is -2.32. The van der Waals surface area contributed by atoms with Crippen LogP contribution in [0.25, 0.3) is 0 Å². The van der Waals surface area contributed by atoms with Crippen LogP contribution >= 0.6 is 0 Å². The van der Waals surface area contributed by atoms with Gasteiger partial charge in [-0.1, -0.05) is 30.3 Å². The molecule has 1 aliphatic carbocycles. The normalized spacial score (nSPS) is 22.1. The van der Waals surface area contributed by atoms with Crippen molar-refractivity contribution in [3.63, 3.8) is 0 Å². The van der Waals surface area contributed by atoms with Crippen molar-refractivity contribution in [2.24, 2.45) is 5.92 Å². The summed E-state index contributed by atoms with van der Waals surface area (Å²) in [5, 5.41) is 12.3. The zero-order chi connectivity index (χ0) is 16.3. The van der Waals surface area contributed by atoms with Crippen molar-refractivity contribution < 1.29 is 4.79 Å². The van der Waals surface area contributed by atoms with Crippen LogP contribution in [-0.4, -0.2) is 36.0 Å². The second kappa shape index (κ2) is 6.72. The number of carbonyl (C=O) groups is 1. The predicted molar refractivity (Wildman–Crippen MR) is 89.7 cm³/mol. The topological polar surface area (TPSA) is 56.1 Å². The number of nitriles is 1. The van der Waals surface area contributed by atoms with Crippen LogP contribution in [0.5, 0.6) is 0 Å². The molecule has 122 valence electrons. The first kappa shape index (κ1) is 16.0. The zero-order valence-corrected chi connectivity index (χ0v) is 13.8. The Balaban J connectivity index is 1.47. The summed E-state index contributed by atoms with van der Waals surface area (Å²) in [5.74, 6) is 0.922. The summed E-state index contributed by atoms with van der Waals surface area (Å²) in [7, 11) is 0. The maximum Gasteiger partial charge on any atom is 0.235 e. The SMILES string of the molecule is CC(C#N)(NC(=O)CN1CCC(c2ccccc2)CC1)C1CC1. The maximum absolute atomic E-state index is 12.3. The van der Waals surface area contributed by atoms with Gasteiger partial charge in [0.2, 0.25) is 5.91 Å². The fourth-order valence-electron chi connectivity index (χ4n) is 3.56. The number of amides is 1. The lowest BCUT2D eigenvalue weighted by molar-refractivity contribution is -0.123. The van der Waals surface area contributed by atoms with Gasteiger partial charge in [-0.25, -0.2) is 0 Å². The highest BCUT2D eigenvalue weighted by Crippen LogP contribution is 2.39. The Morgan fingerprint density at radius 3 is 2.48 bits per heavy atom. The van der Waals surface area contributed by atoms with Crippen LogP contribution in [0.4, 0.5) is 0 Å². The second-order valence-electron chi connectivity index (χ2n) is 7.10. The van der Waals surface area contributed by atoms with Crippen molar-refractivity contribution in [1.29, 1.82) is 5.26 Å². The van der Waals surface area contributed by atoms with Gasteiger partial charge in [-0.05, 0) is 63.1 Å². The van der Waals surface area contributed by atoms with E-state index in [1.165, 1.54) is 5.56 Å². The third-order valence-electron chi connectivity index (χ3n) is 5.25. The van der Waals surface area contributed by atoms with Gasteiger partial charge in [0.05, 0.1) is 12.6 Å². The third kappa shape index (κ3) is 3.92. The lowest BCUT2D eigenvalue weighted by Crippen LogP contribution is -2.51. The van der Waals surface area contributed by atoms with Gasteiger partial charge >= 0.3 is 0 Å². The van der Waals surface area contributed by atoms with Crippen molar-refractivity contribution in [2.45, 2.75) is 44.1 Å². The molecule has 1 amide bonds. The average Bonchev–Trinajstić information content (AvgIpc) is 3.41. The fraction of sp³-hybridized carbons (Fsp3) is 0.579. The molecular weight excluding hydrogens is 286 g/mol. The Hall–Kier alpha value is -1.86. The van der Waals surface area contributed by atoms with E-state index in [0.29, 0.717) is 18.4 Å². The first-order valence-corrected chi connectivity index (χ1v) is 8.60. The minimum Gasteiger partial charge on any atom is -0.337 e. The Kier molecular flexibility index (Phi) is 4.68. The van der Waals surface area contributed by atoms with Gasteiger partial charge in [-0.15, -0.1) is 0 Å². The number of hydrogen-bond acceptors (Lipinski definition) is 3. The van der Waals surface area contributed by atoms with Crippen molar-refractivity contribution >= 4 is 5.91 Å². The molecule has 0 aromatic heterocycles. The van der Waals surface area contributed by atoms with Crippen LogP contribution in [0, 0.1) is 17.2 Å². The number of hydrogen-bond donors (Lipinski definition) is 1. The van der Waals surface area contributed by atoms with Crippen LogP contribution in [0.2, 0.25) is 0 Å². The summed E-state index contributed by atoms with van der Waals surface area (Å²) < 4.78 is 0. The van der Waals surface area contributed by atoms with Gasteiger partial charge in [0.1, 0.15) is 5.54 Å². The Morgan fingerprint density at radius 2 is 1.91 bits per heavy atom. The van der Waals surface area contributed by atoms with E-state index < -0.39 is 5.54 Å². The predicted octanol–water partition coefficient (Wildman–Crippen LogP) is 2.67. The lowest BCUT2D eigenvalue weighted by atomic mass is 9.89. The molecule has 1 atom stereocenters. The van der Waals surface area contributed by atoms with Crippen LogP contribution in [0.3, 0.4) is 0 Å². The molecule has 1 aromatic rings. The van der Waals surface area contributed by atoms with E-state index >= 15 is 0 Å². The molecule has 23 heavy (non-hydrogen) atoms. The summed E-state index contributed by atoms with van der Waals surface area (Å²) in [6.45, 7) is 4.15. The second-order valence-corrected chi connectivity index (χ2v) is 7.10. The molecule has 1 heterocycles. The molecule has 1 aliphatic heterocycles. The zero-order valence-electron chi connectivity index (χ0n) is 13.8. The van der Waals surface area contributed by atoms with E-state index in [1.54, 1.807) is 0 Å². The molecule has 1 aromatic carbocycles. The molecule has 0 spiro atoms. The van der Waals surface area contributed by atoms with Crippen LogP contribution in [0.1, 0.15) is 44.1 Å². The molecular formula is C19H25N3O. The molecule has 2 aliphatic rings. The summed E-state index contributed by atoms with van der Waals surface area (Å²) in [6, 6.07) is 12.9. The van der Waals surface area contributed by atoms with E-state index in [0.717, 1.165) is 38.8 Å². The summed E-state index contributed by atoms with van der Waals surface area (Å²) in [6.07, 6.45) is 4.28. The van der Waals surface area contributed by atoms with E-state index in [2.05, 4.69) is 46.6 Å². The van der Waals surface area contributed by atoms with Crippen LogP contribution < -0.4 is 5.32 Å². The number of rotatable bonds is 5. The molecule has 0 bridgehead atoms. The first-order chi connectivity index (χ1) is 11.1. The standard InChI is InChI=1S/C19H25N3O/c1-19(14-20,17-7-8-17)21-18(23)13-22-11-9-16(10-12-22)15-5-3-2-4-6-15/h2-6,16-17H,7-13H2,1H3,(H,21,23). The van der Waals surface area contributed by atoms with E-state index in [1.807, 2.05) is 6.92 Å². The van der Waals surface area contributed by atoms with Crippen LogP contribution in [-0.2, 0) is 4.79 Å². The molecule has 1 N–H and O–H groups in total. The largest absolute Gasteiger partial charge is 0.337 e. The smallest absolute Gasteiger partial charge is 0.235 e. The number of benzene rings is 1. The van der Waals surface area contributed by atoms with Gasteiger partial charge in [0, 0.05) is 0 Å². The molecule has 1 saturated carbocycles. The number of carbonyl (C=O) groups excluding carboxylic acids is 1. The van der Waals surface area contributed by atoms with Crippen molar-refractivity contribution in [1.82, 2.24) is 10.2 Å². The molecule has 1 saturated heterocycles. The van der Waals surface area contributed by atoms with E-state index in [9.17, 15) is 10.1 Å². The highest BCUT2D eigenvalue weighted by Gasteiger charge is 2.43. The molecule has 0 radical (unpaired) electrons. The minimum atomic E-state index is -0.681. The summed E-state index contributed by atoms with van der Waals surface area (Å²) in [5.41, 5.74) is 0.724. The van der Waals surface area contributed by atoms with Gasteiger partial charge in [0.15, 0.2) is 0 Å². The highest BCUT2D eigenvalue weighted by molar-refractivity contribution is 5.79. The Bertz CT molecular complexity index is 582. The van der Waals surface area contributed by atoms with Gasteiger partial charge < -0.3 is 5.32 Å². The quantitative estimate of drug-likeness (QED) is 0.909. The van der Waals surface area contributed by atoms with Gasteiger partial charge in [-0.2, -0.15) is 5.26 Å². The third-order valence-corrected chi connectivity index (χ3v) is 5.25. The van der Waals surface area contributed by atoms with Crippen molar-refractivity contribution in [3.8, 4) is 6.07 Å². The Labute approximate surface area is 138 Å². The average molecular weight is 311 g/mol. The summed E-state index contributed by atoms with van der Waals surface area (Å²) >= 11 is 0. The molecule has 1 unspecified atom stereocenters. The van der Waals surface area contributed by atoms with E-state index in [-0.39, 0.29) is 5.91 Å². The van der Waals surface area contributed by atoms with Crippen molar-refractivity contribution in [2.75, 3.05) is 19.6 Å². The number of likely N-dealkylation sites (tertiary alicyclic amines) is 1. The molecule has 4 nitrogen and oxygen atoms in total. The fourth-order valence-corrected chi connectivity index (χ4v) is 3.56. The highest BCUT2D eigenvalue weighted by atomic mass is 16.2. The monoisotopic (exact) mass is 311 g/mol. The van der Waals surface area contributed by atoms with Crippen molar-refractivity contribution in [3.05, 3.63) is 35.9 Å². The Morgan fingerprint density at radius 1 is 1.26 bits per heavy atom. The van der Waals surface area contributed by atoms with Gasteiger partial charge in [0.25, 0.3) is 0 Å². The van der Waals surface area contributed by atoms with Crippen LogP contribution in [0.15, 0.2) is 30.3 Å². The number of nitrogens with zero attached hydrogens (tertiary/aromatic N) is 2. The minimum absolute atomic E-state index is 0.0147. The molecule has 3 rings (SSSR count).